The van der Waals surface area contributed by atoms with Gasteiger partial charge in [0, 0.05) is 19.8 Å². The molecule has 1 amide bonds. The Balaban J connectivity index is 1.91. The summed E-state index contributed by atoms with van der Waals surface area (Å²) in [5, 5.41) is 10.1. The quantitative estimate of drug-likeness (QED) is 0.679. The molecule has 7 nitrogen and oxygen atoms in total. The van der Waals surface area contributed by atoms with Crippen LogP contribution in [-0.2, 0) is 6.18 Å². The van der Waals surface area contributed by atoms with Crippen LogP contribution in [-0.4, -0.2) is 42.1 Å². The summed E-state index contributed by atoms with van der Waals surface area (Å²) in [5.74, 6) is -0.134. The van der Waals surface area contributed by atoms with Crippen molar-refractivity contribution >= 4 is 17.3 Å². The second-order valence-corrected chi connectivity index (χ2v) is 6.71. The first-order valence-electron chi connectivity index (χ1n) is 8.88. The number of ether oxygens (including phenoxy) is 1. The van der Waals surface area contributed by atoms with Crippen molar-refractivity contribution in [1.29, 1.82) is 0 Å². The molecule has 3 aromatic rings. The van der Waals surface area contributed by atoms with E-state index in [0.29, 0.717) is 22.8 Å². The van der Waals surface area contributed by atoms with Crippen LogP contribution < -0.4 is 15.0 Å². The average molecular weight is 419 g/mol. The summed E-state index contributed by atoms with van der Waals surface area (Å²) in [4.78, 5) is 14.2. The van der Waals surface area contributed by atoms with Crippen LogP contribution >= 0.6 is 0 Å². The maximum absolute atomic E-state index is 13.5. The monoisotopic (exact) mass is 419 g/mol. The summed E-state index contributed by atoms with van der Waals surface area (Å²) >= 11 is 0. The lowest BCUT2D eigenvalue weighted by Crippen LogP contribution is -2.19. The molecule has 0 saturated carbocycles. The fourth-order valence-electron chi connectivity index (χ4n) is 2.84. The third kappa shape index (κ3) is 4.22. The van der Waals surface area contributed by atoms with E-state index >= 15 is 0 Å². The SMILES string of the molecule is COc1ccc(-n2nnc(C(=O)Nc3ccc(N(C)C)cc3C(F)(F)F)c2C)cc1. The Bertz CT molecular complexity index is 1060. The van der Waals surface area contributed by atoms with Gasteiger partial charge in [-0.1, -0.05) is 5.21 Å². The number of nitrogens with zero attached hydrogens (tertiary/aromatic N) is 4. The molecule has 0 fully saturated rings. The highest BCUT2D eigenvalue weighted by Crippen LogP contribution is 2.37. The van der Waals surface area contributed by atoms with E-state index in [-0.39, 0.29) is 11.4 Å². The van der Waals surface area contributed by atoms with E-state index in [0.717, 1.165) is 6.07 Å². The predicted octanol–water partition coefficient (Wildman–Crippen LogP) is 3.92. The minimum atomic E-state index is -4.63. The van der Waals surface area contributed by atoms with Crippen molar-refractivity contribution in [3.8, 4) is 11.4 Å². The van der Waals surface area contributed by atoms with Crippen LogP contribution in [0.15, 0.2) is 42.5 Å². The molecule has 1 N–H and O–H groups in total. The number of hydrogen-bond acceptors (Lipinski definition) is 5. The molecule has 0 radical (unpaired) electrons. The van der Waals surface area contributed by atoms with Crippen LogP contribution in [0.3, 0.4) is 0 Å². The van der Waals surface area contributed by atoms with Gasteiger partial charge in [-0.2, -0.15) is 13.2 Å². The van der Waals surface area contributed by atoms with Crippen LogP contribution in [0.4, 0.5) is 24.5 Å². The highest BCUT2D eigenvalue weighted by atomic mass is 19.4. The summed E-state index contributed by atoms with van der Waals surface area (Å²) < 4.78 is 47.0. The van der Waals surface area contributed by atoms with E-state index in [2.05, 4.69) is 15.6 Å². The molecular formula is C20H20F3N5O2. The standard InChI is InChI=1S/C20H20F3N5O2/c1-12-18(25-26-28(12)13-5-8-15(30-4)9-6-13)19(29)24-17-10-7-14(27(2)3)11-16(17)20(21,22)23/h5-11H,1-4H3,(H,24,29). The van der Waals surface area contributed by atoms with E-state index in [1.165, 1.54) is 16.8 Å². The topological polar surface area (TPSA) is 72.3 Å². The van der Waals surface area contributed by atoms with Gasteiger partial charge in [0.2, 0.25) is 0 Å². The van der Waals surface area contributed by atoms with Crippen LogP contribution in [0.1, 0.15) is 21.7 Å². The normalized spacial score (nSPS) is 11.3. The van der Waals surface area contributed by atoms with Gasteiger partial charge in [-0.25, -0.2) is 4.68 Å². The number of nitrogens with one attached hydrogen (secondary N) is 1. The lowest BCUT2D eigenvalue weighted by atomic mass is 10.1. The first-order valence-corrected chi connectivity index (χ1v) is 8.88. The van der Waals surface area contributed by atoms with E-state index in [1.54, 1.807) is 57.3 Å². The Hall–Kier alpha value is -3.56. The van der Waals surface area contributed by atoms with Gasteiger partial charge in [0.25, 0.3) is 5.91 Å². The summed E-state index contributed by atoms with van der Waals surface area (Å²) in [7, 11) is 4.81. The van der Waals surface area contributed by atoms with Crippen molar-refractivity contribution in [2.24, 2.45) is 0 Å². The number of methoxy groups -OCH3 is 1. The minimum absolute atomic E-state index is 0.0735. The van der Waals surface area contributed by atoms with Gasteiger partial charge in [0.1, 0.15) is 5.75 Å². The number of alkyl halides is 3. The summed E-state index contributed by atoms with van der Waals surface area (Å²) in [6.07, 6.45) is -4.63. The molecule has 1 heterocycles. The van der Waals surface area contributed by atoms with Crippen molar-refractivity contribution in [1.82, 2.24) is 15.0 Å². The third-order valence-electron chi connectivity index (χ3n) is 4.50. The Kier molecular flexibility index (Phi) is 5.68. The van der Waals surface area contributed by atoms with Gasteiger partial charge in [-0.15, -0.1) is 5.10 Å². The maximum atomic E-state index is 13.5. The molecule has 30 heavy (non-hydrogen) atoms. The molecular weight excluding hydrogens is 399 g/mol. The fraction of sp³-hybridized carbons (Fsp3) is 0.250. The zero-order valence-electron chi connectivity index (χ0n) is 16.8. The number of hydrogen-bond donors (Lipinski definition) is 1. The second-order valence-electron chi connectivity index (χ2n) is 6.71. The van der Waals surface area contributed by atoms with Crippen molar-refractivity contribution in [2.75, 3.05) is 31.4 Å². The summed E-state index contributed by atoms with van der Waals surface area (Å²) in [6, 6.07) is 10.6. The van der Waals surface area contributed by atoms with Gasteiger partial charge in [-0.05, 0) is 49.4 Å². The molecule has 3 rings (SSSR count). The number of carbonyl (C=O) groups is 1. The third-order valence-corrected chi connectivity index (χ3v) is 4.50. The van der Waals surface area contributed by atoms with Gasteiger partial charge in [0.15, 0.2) is 5.69 Å². The average Bonchev–Trinajstić information content (AvgIpc) is 3.08. The van der Waals surface area contributed by atoms with E-state index in [1.807, 2.05) is 0 Å². The Labute approximate surface area is 171 Å². The highest BCUT2D eigenvalue weighted by Gasteiger charge is 2.35. The molecule has 0 atom stereocenters. The lowest BCUT2D eigenvalue weighted by molar-refractivity contribution is -0.136. The fourth-order valence-corrected chi connectivity index (χ4v) is 2.84. The first kappa shape index (κ1) is 21.2. The lowest BCUT2D eigenvalue weighted by Gasteiger charge is -2.18. The molecule has 0 spiro atoms. The maximum Gasteiger partial charge on any atom is 0.418 e. The second kappa shape index (κ2) is 8.05. The Morgan fingerprint density at radius 1 is 1.13 bits per heavy atom. The van der Waals surface area contributed by atoms with E-state index < -0.39 is 17.6 Å². The van der Waals surface area contributed by atoms with Crippen LogP contribution in [0, 0.1) is 6.92 Å². The van der Waals surface area contributed by atoms with Crippen LogP contribution in [0.5, 0.6) is 5.75 Å². The molecule has 1 aromatic heterocycles. The van der Waals surface area contributed by atoms with Crippen LogP contribution in [0.2, 0.25) is 0 Å². The molecule has 0 aliphatic heterocycles. The number of rotatable bonds is 5. The van der Waals surface area contributed by atoms with E-state index in [4.69, 9.17) is 4.74 Å². The van der Waals surface area contributed by atoms with Gasteiger partial charge < -0.3 is 15.0 Å². The number of carbonyl (C=O) groups excluding carboxylic acids is 1. The van der Waals surface area contributed by atoms with Crippen molar-refractivity contribution < 1.29 is 22.7 Å². The zero-order chi connectivity index (χ0) is 22.1. The summed E-state index contributed by atoms with van der Waals surface area (Å²) in [6.45, 7) is 1.61. The number of amides is 1. The van der Waals surface area contributed by atoms with E-state index in [9.17, 15) is 18.0 Å². The number of anilines is 2. The Morgan fingerprint density at radius 2 is 1.80 bits per heavy atom. The number of benzene rings is 2. The predicted molar refractivity (Wildman–Crippen MR) is 106 cm³/mol. The van der Waals surface area contributed by atoms with Gasteiger partial charge >= 0.3 is 6.18 Å². The van der Waals surface area contributed by atoms with Gasteiger partial charge in [-0.3, -0.25) is 4.79 Å². The summed E-state index contributed by atoms with van der Waals surface area (Å²) in [5.41, 5.74) is 0.0126. The van der Waals surface area contributed by atoms with Gasteiger partial charge in [0.05, 0.1) is 29.7 Å². The molecule has 0 aliphatic carbocycles. The van der Waals surface area contributed by atoms with Crippen LogP contribution in [0.25, 0.3) is 5.69 Å². The minimum Gasteiger partial charge on any atom is -0.497 e. The smallest absolute Gasteiger partial charge is 0.418 e. The molecule has 0 saturated heterocycles. The number of halogens is 3. The molecule has 0 unspecified atom stereocenters. The molecule has 2 aromatic carbocycles. The first-order chi connectivity index (χ1) is 14.1. The van der Waals surface area contributed by atoms with Crippen molar-refractivity contribution in [2.45, 2.75) is 13.1 Å². The Morgan fingerprint density at radius 3 is 2.37 bits per heavy atom. The number of aromatic nitrogens is 3. The zero-order valence-corrected chi connectivity index (χ0v) is 16.8. The van der Waals surface area contributed by atoms with Crippen molar-refractivity contribution in [3.63, 3.8) is 0 Å². The molecule has 158 valence electrons. The molecule has 0 aliphatic rings. The molecule has 10 heteroatoms. The highest BCUT2D eigenvalue weighted by molar-refractivity contribution is 6.04. The molecule has 0 bridgehead atoms. The largest absolute Gasteiger partial charge is 0.497 e. The van der Waals surface area contributed by atoms with Crippen molar-refractivity contribution in [3.05, 3.63) is 59.4 Å².